The minimum absolute atomic E-state index is 0.0423. The Balaban J connectivity index is 2.33. The third-order valence-electron chi connectivity index (χ3n) is 3.45. The molecule has 0 heterocycles. The first-order chi connectivity index (χ1) is 10.7. The Labute approximate surface area is 144 Å². The van der Waals surface area contributed by atoms with Gasteiger partial charge in [-0.3, -0.25) is 14.4 Å². The van der Waals surface area contributed by atoms with Gasteiger partial charge < -0.3 is 10.1 Å². The average molecular weight is 384 g/mol. The standard InChI is InChI=1S/C17H22BrNO4/c1-4-17(2,3)19-15(21)11-23-16(22)10-9-14(20)12-5-7-13(18)8-6-12/h5-8H,4,9-11H2,1-3H3,(H,19,21). The molecule has 0 aliphatic rings. The van der Waals surface area contributed by atoms with Gasteiger partial charge in [0, 0.05) is 22.0 Å². The van der Waals surface area contributed by atoms with Crippen molar-refractivity contribution in [3.63, 3.8) is 0 Å². The number of hydrogen-bond donors (Lipinski definition) is 1. The third-order valence-corrected chi connectivity index (χ3v) is 3.98. The van der Waals surface area contributed by atoms with E-state index in [4.69, 9.17) is 4.74 Å². The Morgan fingerprint density at radius 1 is 1.13 bits per heavy atom. The minimum atomic E-state index is -0.556. The number of hydrogen-bond acceptors (Lipinski definition) is 4. The molecule has 0 aliphatic heterocycles. The fourth-order valence-electron chi connectivity index (χ4n) is 1.72. The molecule has 23 heavy (non-hydrogen) atoms. The van der Waals surface area contributed by atoms with E-state index in [0.29, 0.717) is 5.56 Å². The van der Waals surface area contributed by atoms with Gasteiger partial charge in [0.05, 0.1) is 6.42 Å². The second-order valence-corrected chi connectivity index (χ2v) is 6.79. The summed E-state index contributed by atoms with van der Waals surface area (Å²) < 4.78 is 5.77. The maximum atomic E-state index is 11.9. The Morgan fingerprint density at radius 3 is 2.30 bits per heavy atom. The zero-order valence-electron chi connectivity index (χ0n) is 13.6. The molecule has 0 radical (unpaired) electrons. The van der Waals surface area contributed by atoms with Gasteiger partial charge in [0.15, 0.2) is 12.4 Å². The molecule has 0 saturated carbocycles. The van der Waals surface area contributed by atoms with Crippen molar-refractivity contribution in [1.29, 1.82) is 0 Å². The summed E-state index contributed by atoms with van der Waals surface area (Å²) in [5, 5.41) is 2.77. The van der Waals surface area contributed by atoms with Crippen LogP contribution in [0.2, 0.25) is 0 Å². The molecule has 0 bridgehead atoms. The van der Waals surface area contributed by atoms with Crippen molar-refractivity contribution in [2.24, 2.45) is 0 Å². The van der Waals surface area contributed by atoms with Gasteiger partial charge in [0.25, 0.3) is 5.91 Å². The minimum Gasteiger partial charge on any atom is -0.456 e. The quantitative estimate of drug-likeness (QED) is 0.552. The van der Waals surface area contributed by atoms with Crippen molar-refractivity contribution in [3.05, 3.63) is 34.3 Å². The zero-order valence-corrected chi connectivity index (χ0v) is 15.2. The summed E-state index contributed by atoms with van der Waals surface area (Å²) in [6, 6.07) is 6.92. The monoisotopic (exact) mass is 383 g/mol. The number of nitrogens with one attached hydrogen (secondary N) is 1. The molecule has 1 aromatic rings. The van der Waals surface area contributed by atoms with E-state index in [0.717, 1.165) is 10.9 Å². The fraction of sp³-hybridized carbons (Fsp3) is 0.471. The van der Waals surface area contributed by atoms with E-state index >= 15 is 0 Å². The first-order valence-corrected chi connectivity index (χ1v) is 8.28. The Morgan fingerprint density at radius 2 is 1.74 bits per heavy atom. The summed E-state index contributed by atoms with van der Waals surface area (Å²) in [7, 11) is 0. The second kappa shape index (κ2) is 8.82. The summed E-state index contributed by atoms with van der Waals surface area (Å²) in [5.74, 6) is -1.03. The van der Waals surface area contributed by atoms with Crippen LogP contribution in [0.25, 0.3) is 0 Å². The van der Waals surface area contributed by atoms with Crippen molar-refractivity contribution in [2.75, 3.05) is 6.61 Å². The SMILES string of the molecule is CCC(C)(C)NC(=O)COC(=O)CCC(=O)c1ccc(Br)cc1. The van der Waals surface area contributed by atoms with E-state index < -0.39 is 5.97 Å². The van der Waals surface area contributed by atoms with Gasteiger partial charge in [-0.25, -0.2) is 0 Å². The lowest BCUT2D eigenvalue weighted by Crippen LogP contribution is -2.44. The van der Waals surface area contributed by atoms with Gasteiger partial charge in [-0.05, 0) is 32.4 Å². The van der Waals surface area contributed by atoms with Gasteiger partial charge in [0.1, 0.15) is 0 Å². The Kier molecular flexibility index (Phi) is 7.42. The number of halogens is 1. The van der Waals surface area contributed by atoms with Crippen LogP contribution in [0.15, 0.2) is 28.7 Å². The van der Waals surface area contributed by atoms with E-state index in [1.807, 2.05) is 20.8 Å². The van der Waals surface area contributed by atoms with Gasteiger partial charge in [0.2, 0.25) is 0 Å². The molecule has 0 fully saturated rings. The van der Waals surface area contributed by atoms with E-state index in [-0.39, 0.29) is 36.7 Å². The lowest BCUT2D eigenvalue weighted by Gasteiger charge is -2.24. The van der Waals surface area contributed by atoms with Gasteiger partial charge in [-0.2, -0.15) is 0 Å². The maximum Gasteiger partial charge on any atom is 0.306 e. The number of benzene rings is 1. The summed E-state index contributed by atoms with van der Waals surface area (Å²) in [6.07, 6.45) is 0.788. The topological polar surface area (TPSA) is 72.5 Å². The summed E-state index contributed by atoms with van der Waals surface area (Å²) in [5.41, 5.74) is 0.213. The van der Waals surface area contributed by atoms with Crippen LogP contribution in [-0.4, -0.2) is 29.8 Å². The number of carbonyl (C=O) groups is 3. The highest BCUT2D eigenvalue weighted by atomic mass is 79.9. The number of Topliss-reactive ketones (excluding diaryl/α,β-unsaturated/α-hetero) is 1. The van der Waals surface area contributed by atoms with Crippen molar-refractivity contribution in [3.8, 4) is 0 Å². The van der Waals surface area contributed by atoms with Crippen LogP contribution in [0, 0.1) is 0 Å². The number of amides is 1. The lowest BCUT2D eigenvalue weighted by atomic mass is 10.0. The van der Waals surface area contributed by atoms with Crippen molar-refractivity contribution in [1.82, 2.24) is 5.32 Å². The van der Waals surface area contributed by atoms with Crippen molar-refractivity contribution in [2.45, 2.75) is 45.6 Å². The highest BCUT2D eigenvalue weighted by Gasteiger charge is 2.19. The molecule has 0 saturated heterocycles. The predicted molar refractivity (Wildman–Crippen MR) is 91.2 cm³/mol. The summed E-state index contributed by atoms with van der Waals surface area (Å²) in [4.78, 5) is 35.2. The number of ketones is 1. The van der Waals surface area contributed by atoms with Crippen LogP contribution in [0.3, 0.4) is 0 Å². The van der Waals surface area contributed by atoms with Crippen molar-refractivity contribution < 1.29 is 19.1 Å². The molecule has 1 amide bonds. The molecule has 0 aliphatic carbocycles. The zero-order chi connectivity index (χ0) is 17.5. The summed E-state index contributed by atoms with van der Waals surface area (Å²) in [6.45, 7) is 5.42. The van der Waals surface area contributed by atoms with E-state index in [2.05, 4.69) is 21.2 Å². The molecule has 1 rings (SSSR count). The Bertz CT molecular complexity index is 566. The van der Waals surface area contributed by atoms with Gasteiger partial charge in [-0.1, -0.05) is 35.0 Å². The number of esters is 1. The van der Waals surface area contributed by atoms with E-state index in [1.165, 1.54) is 0 Å². The third kappa shape index (κ3) is 7.41. The van der Waals surface area contributed by atoms with Crippen molar-refractivity contribution >= 4 is 33.6 Å². The molecular weight excluding hydrogens is 362 g/mol. The maximum absolute atomic E-state index is 11.9. The number of ether oxygens (including phenoxy) is 1. The van der Waals surface area contributed by atoms with Crippen LogP contribution in [-0.2, 0) is 14.3 Å². The molecule has 5 nitrogen and oxygen atoms in total. The molecule has 1 N–H and O–H groups in total. The first kappa shape index (κ1) is 19.4. The fourth-order valence-corrected chi connectivity index (χ4v) is 1.98. The highest BCUT2D eigenvalue weighted by Crippen LogP contribution is 2.13. The summed E-state index contributed by atoms with van der Waals surface area (Å²) >= 11 is 3.29. The molecule has 0 spiro atoms. The Hall–Kier alpha value is -1.69. The van der Waals surface area contributed by atoms with E-state index in [1.54, 1.807) is 24.3 Å². The van der Waals surface area contributed by atoms with Crippen LogP contribution >= 0.6 is 15.9 Å². The largest absolute Gasteiger partial charge is 0.456 e. The van der Waals surface area contributed by atoms with E-state index in [9.17, 15) is 14.4 Å². The van der Waals surface area contributed by atoms with Gasteiger partial charge >= 0.3 is 5.97 Å². The predicted octanol–water partition coefficient (Wildman–Crippen LogP) is 3.26. The molecule has 0 unspecified atom stereocenters. The molecular formula is C17H22BrNO4. The lowest BCUT2D eigenvalue weighted by molar-refractivity contribution is -0.148. The number of carbonyl (C=O) groups excluding carboxylic acids is 3. The molecule has 0 aromatic heterocycles. The average Bonchev–Trinajstić information content (AvgIpc) is 2.51. The molecule has 1 aromatic carbocycles. The molecule has 126 valence electrons. The van der Waals surface area contributed by atoms with Crippen LogP contribution in [0.1, 0.15) is 50.4 Å². The van der Waals surface area contributed by atoms with Gasteiger partial charge in [-0.15, -0.1) is 0 Å². The molecule has 0 atom stereocenters. The molecule has 6 heteroatoms. The van der Waals surface area contributed by atoms with Crippen LogP contribution < -0.4 is 5.32 Å². The van der Waals surface area contributed by atoms with Crippen LogP contribution in [0.4, 0.5) is 0 Å². The normalized spacial score (nSPS) is 11.0. The first-order valence-electron chi connectivity index (χ1n) is 7.49. The second-order valence-electron chi connectivity index (χ2n) is 5.88. The van der Waals surface area contributed by atoms with Crippen LogP contribution in [0.5, 0.6) is 0 Å². The smallest absolute Gasteiger partial charge is 0.306 e. The highest BCUT2D eigenvalue weighted by molar-refractivity contribution is 9.10. The number of rotatable bonds is 8.